The molecule has 4 nitrogen and oxygen atoms in total. The normalized spacial score (nSPS) is 16.3. The number of hydrogen-bond donors (Lipinski definition) is 2. The summed E-state index contributed by atoms with van der Waals surface area (Å²) >= 11 is 0. The molecule has 1 aliphatic rings. The highest BCUT2D eigenvalue weighted by atomic mass is 16.4. The molecule has 1 saturated carbocycles. The Balaban J connectivity index is 2.23. The molecule has 0 atom stereocenters. The van der Waals surface area contributed by atoms with Gasteiger partial charge in [0.2, 0.25) is 0 Å². The van der Waals surface area contributed by atoms with Gasteiger partial charge in [-0.25, -0.2) is 10.2 Å². The zero-order valence-corrected chi connectivity index (χ0v) is 11.6. The van der Waals surface area contributed by atoms with Crippen molar-refractivity contribution in [1.29, 1.82) is 0 Å². The summed E-state index contributed by atoms with van der Waals surface area (Å²) in [6.45, 7) is 6.51. The Morgan fingerprint density at radius 3 is 2.26 bits per heavy atom. The SMILES string of the molecule is CC(C)(C)c1ccc(/C(=N\NC(=O)O)C2CC2)cc1. The number of carboxylic acid groups (broad SMARTS) is 1. The molecule has 0 aromatic heterocycles. The van der Waals surface area contributed by atoms with Gasteiger partial charge in [-0.05, 0) is 29.4 Å². The smallest absolute Gasteiger partial charge is 0.425 e. The number of hydrogen-bond acceptors (Lipinski definition) is 2. The molecule has 1 aromatic carbocycles. The molecule has 0 heterocycles. The van der Waals surface area contributed by atoms with E-state index in [1.807, 2.05) is 12.1 Å². The lowest BCUT2D eigenvalue weighted by Crippen LogP contribution is -2.18. The lowest BCUT2D eigenvalue weighted by atomic mass is 9.86. The van der Waals surface area contributed by atoms with E-state index in [0.29, 0.717) is 5.92 Å². The average molecular weight is 260 g/mol. The average Bonchev–Trinajstić information content (AvgIpc) is 3.13. The van der Waals surface area contributed by atoms with Gasteiger partial charge in [-0.1, -0.05) is 45.0 Å². The summed E-state index contributed by atoms with van der Waals surface area (Å²) in [6.07, 6.45) is 1.05. The van der Waals surface area contributed by atoms with Crippen LogP contribution in [0.2, 0.25) is 0 Å². The van der Waals surface area contributed by atoms with E-state index < -0.39 is 6.09 Å². The molecule has 1 amide bonds. The van der Waals surface area contributed by atoms with E-state index in [-0.39, 0.29) is 5.41 Å². The summed E-state index contributed by atoms with van der Waals surface area (Å²) in [4.78, 5) is 10.5. The molecule has 0 bridgehead atoms. The van der Waals surface area contributed by atoms with Crippen LogP contribution in [0.5, 0.6) is 0 Å². The Morgan fingerprint density at radius 1 is 1.26 bits per heavy atom. The maximum Gasteiger partial charge on any atom is 0.425 e. The first-order valence-corrected chi connectivity index (χ1v) is 6.55. The number of hydrazone groups is 1. The predicted octanol–water partition coefficient (Wildman–Crippen LogP) is 3.37. The summed E-state index contributed by atoms with van der Waals surface area (Å²) in [5, 5.41) is 12.7. The van der Waals surface area contributed by atoms with E-state index in [2.05, 4.69) is 43.4 Å². The molecule has 0 aliphatic heterocycles. The third-order valence-electron chi connectivity index (χ3n) is 3.28. The van der Waals surface area contributed by atoms with Crippen LogP contribution in [0.4, 0.5) is 4.79 Å². The molecular weight excluding hydrogens is 240 g/mol. The van der Waals surface area contributed by atoms with Crippen LogP contribution in [0.15, 0.2) is 29.4 Å². The Morgan fingerprint density at radius 2 is 1.84 bits per heavy atom. The summed E-state index contributed by atoms with van der Waals surface area (Å²) in [5.41, 5.74) is 5.35. The highest BCUT2D eigenvalue weighted by molar-refractivity contribution is 6.03. The van der Waals surface area contributed by atoms with Crippen LogP contribution in [-0.4, -0.2) is 16.9 Å². The Hall–Kier alpha value is -1.84. The third kappa shape index (κ3) is 3.56. The summed E-state index contributed by atoms with van der Waals surface area (Å²) in [5.74, 6) is 0.396. The van der Waals surface area contributed by atoms with Gasteiger partial charge in [-0.3, -0.25) is 0 Å². The zero-order valence-electron chi connectivity index (χ0n) is 11.6. The van der Waals surface area contributed by atoms with Gasteiger partial charge in [0.1, 0.15) is 0 Å². The first kappa shape index (κ1) is 13.6. The molecule has 0 unspecified atom stereocenters. The van der Waals surface area contributed by atoms with Gasteiger partial charge in [0, 0.05) is 5.92 Å². The van der Waals surface area contributed by atoms with Crippen molar-refractivity contribution < 1.29 is 9.90 Å². The maximum absolute atomic E-state index is 10.5. The van der Waals surface area contributed by atoms with E-state index in [4.69, 9.17) is 5.11 Å². The molecule has 1 fully saturated rings. The van der Waals surface area contributed by atoms with Crippen molar-refractivity contribution in [2.24, 2.45) is 11.0 Å². The highest BCUT2D eigenvalue weighted by Crippen LogP contribution is 2.33. The lowest BCUT2D eigenvalue weighted by Gasteiger charge is -2.19. The van der Waals surface area contributed by atoms with Crippen molar-refractivity contribution in [1.82, 2.24) is 5.43 Å². The van der Waals surface area contributed by atoms with Crippen LogP contribution in [0.3, 0.4) is 0 Å². The summed E-state index contributed by atoms with van der Waals surface area (Å²) in [6, 6.07) is 8.24. The molecule has 0 spiro atoms. The fraction of sp³-hybridized carbons (Fsp3) is 0.467. The number of nitrogens with zero attached hydrogens (tertiary/aromatic N) is 1. The highest BCUT2D eigenvalue weighted by Gasteiger charge is 2.29. The van der Waals surface area contributed by atoms with Gasteiger partial charge in [-0.15, -0.1) is 0 Å². The molecule has 2 rings (SSSR count). The van der Waals surface area contributed by atoms with Crippen LogP contribution in [0.1, 0.15) is 44.7 Å². The van der Waals surface area contributed by atoms with Crippen molar-refractivity contribution in [2.75, 3.05) is 0 Å². The van der Waals surface area contributed by atoms with Crippen molar-refractivity contribution in [3.63, 3.8) is 0 Å². The number of nitrogens with one attached hydrogen (secondary N) is 1. The van der Waals surface area contributed by atoms with Crippen LogP contribution in [0, 0.1) is 5.92 Å². The van der Waals surface area contributed by atoms with E-state index in [0.717, 1.165) is 24.1 Å². The minimum atomic E-state index is -1.12. The van der Waals surface area contributed by atoms with Gasteiger partial charge in [0.25, 0.3) is 0 Å². The number of rotatable bonds is 3. The van der Waals surface area contributed by atoms with Crippen molar-refractivity contribution >= 4 is 11.8 Å². The van der Waals surface area contributed by atoms with Gasteiger partial charge in [0.15, 0.2) is 0 Å². The van der Waals surface area contributed by atoms with E-state index >= 15 is 0 Å². The largest absolute Gasteiger partial charge is 0.464 e. The third-order valence-corrected chi connectivity index (χ3v) is 3.28. The van der Waals surface area contributed by atoms with E-state index in [9.17, 15) is 4.79 Å². The topological polar surface area (TPSA) is 61.7 Å². The Kier molecular flexibility index (Phi) is 3.60. The molecule has 1 aliphatic carbocycles. The molecular formula is C15H20N2O2. The lowest BCUT2D eigenvalue weighted by molar-refractivity contribution is 0.195. The van der Waals surface area contributed by atoms with E-state index in [1.54, 1.807) is 0 Å². The predicted molar refractivity (Wildman–Crippen MR) is 75.6 cm³/mol. The number of amides is 1. The molecule has 4 heteroatoms. The fourth-order valence-corrected chi connectivity index (χ4v) is 2.00. The second-order valence-electron chi connectivity index (χ2n) is 6.02. The van der Waals surface area contributed by atoms with Crippen molar-refractivity contribution in [3.05, 3.63) is 35.4 Å². The molecule has 2 N–H and O–H groups in total. The van der Waals surface area contributed by atoms with Gasteiger partial charge in [-0.2, -0.15) is 5.10 Å². The Labute approximate surface area is 113 Å². The minimum Gasteiger partial charge on any atom is -0.464 e. The number of carbonyl (C=O) groups is 1. The number of benzene rings is 1. The fourth-order valence-electron chi connectivity index (χ4n) is 2.00. The minimum absolute atomic E-state index is 0.120. The van der Waals surface area contributed by atoms with Crippen molar-refractivity contribution in [2.45, 2.75) is 39.0 Å². The standard InChI is InChI=1S/C15H20N2O2/c1-15(2,3)12-8-6-11(7-9-12)13(10-4-5-10)16-17-14(18)19/h6-10,17H,4-5H2,1-3H3,(H,18,19)/b16-13-. The van der Waals surface area contributed by atoms with Crippen LogP contribution < -0.4 is 5.43 Å². The maximum atomic E-state index is 10.5. The van der Waals surface area contributed by atoms with Gasteiger partial charge in [0.05, 0.1) is 5.71 Å². The molecule has 0 saturated heterocycles. The quantitative estimate of drug-likeness (QED) is 0.646. The van der Waals surface area contributed by atoms with Crippen LogP contribution in [-0.2, 0) is 5.41 Å². The molecule has 1 aromatic rings. The van der Waals surface area contributed by atoms with E-state index in [1.165, 1.54) is 5.56 Å². The summed E-state index contributed by atoms with van der Waals surface area (Å²) in [7, 11) is 0. The molecule has 0 radical (unpaired) electrons. The van der Waals surface area contributed by atoms with Crippen LogP contribution >= 0.6 is 0 Å². The van der Waals surface area contributed by atoms with Gasteiger partial charge >= 0.3 is 6.09 Å². The first-order valence-electron chi connectivity index (χ1n) is 6.55. The summed E-state index contributed by atoms with van der Waals surface area (Å²) < 4.78 is 0. The molecule has 102 valence electrons. The second-order valence-corrected chi connectivity index (χ2v) is 6.02. The Bertz CT molecular complexity index is 494. The first-order chi connectivity index (χ1) is 8.88. The zero-order chi connectivity index (χ0) is 14.0. The molecule has 19 heavy (non-hydrogen) atoms. The van der Waals surface area contributed by atoms with Gasteiger partial charge < -0.3 is 5.11 Å². The second kappa shape index (κ2) is 5.03. The van der Waals surface area contributed by atoms with Crippen LogP contribution in [0.25, 0.3) is 0 Å². The van der Waals surface area contributed by atoms with Crippen molar-refractivity contribution in [3.8, 4) is 0 Å². The monoisotopic (exact) mass is 260 g/mol.